The van der Waals surface area contributed by atoms with E-state index < -0.39 is 0 Å². The van der Waals surface area contributed by atoms with Gasteiger partial charge >= 0.3 is 0 Å². The highest BCUT2D eigenvalue weighted by molar-refractivity contribution is 6.36. The van der Waals surface area contributed by atoms with Crippen molar-refractivity contribution in [3.63, 3.8) is 0 Å². The molecule has 2 aromatic rings. The highest BCUT2D eigenvalue weighted by atomic mass is 35.5. The topological polar surface area (TPSA) is 41.6 Å². The second kappa shape index (κ2) is 9.36. The van der Waals surface area contributed by atoms with Crippen molar-refractivity contribution in [1.29, 1.82) is 0 Å². The first kappa shape index (κ1) is 20.7. The summed E-state index contributed by atoms with van der Waals surface area (Å²) in [5.74, 6) is 0.616. The second-order valence-corrected chi connectivity index (χ2v) is 7.53. The maximum absolute atomic E-state index is 11.0. The van der Waals surface area contributed by atoms with Gasteiger partial charge in [-0.05, 0) is 31.9 Å². The molecule has 4 nitrogen and oxygen atoms in total. The Labute approximate surface area is 161 Å². The van der Waals surface area contributed by atoms with Crippen molar-refractivity contribution >= 4 is 34.0 Å². The molecule has 0 radical (unpaired) electrons. The molecule has 0 bridgehead atoms. The lowest BCUT2D eigenvalue weighted by molar-refractivity contribution is -0.114. The smallest absolute Gasteiger partial charge is 0.221 e. The Hall–Kier alpha value is -1.62. The van der Waals surface area contributed by atoms with Crippen LogP contribution in [0.2, 0.25) is 5.02 Å². The van der Waals surface area contributed by atoms with Crippen LogP contribution in [0.25, 0.3) is 10.8 Å². The Morgan fingerprint density at radius 3 is 2.35 bits per heavy atom. The molecule has 26 heavy (non-hydrogen) atoms. The van der Waals surface area contributed by atoms with Crippen LogP contribution in [0.15, 0.2) is 36.4 Å². The third kappa shape index (κ3) is 5.19. The lowest BCUT2D eigenvalue weighted by Crippen LogP contribution is -2.29. The minimum Gasteiger partial charge on any atom is -0.380 e. The van der Waals surface area contributed by atoms with Crippen LogP contribution >= 0.6 is 11.6 Å². The maximum Gasteiger partial charge on any atom is 0.221 e. The van der Waals surface area contributed by atoms with Crippen molar-refractivity contribution in [3.05, 3.63) is 41.4 Å². The number of methoxy groups -OCH3 is 1. The van der Waals surface area contributed by atoms with Crippen LogP contribution in [0.4, 0.5) is 5.69 Å². The van der Waals surface area contributed by atoms with Gasteiger partial charge in [-0.2, -0.15) is 0 Å². The minimum absolute atomic E-state index is 0.0810. The van der Waals surface area contributed by atoms with E-state index in [0.717, 1.165) is 23.0 Å². The van der Waals surface area contributed by atoms with E-state index in [-0.39, 0.29) is 5.91 Å². The number of nitrogens with zero attached hydrogens (tertiary/aromatic N) is 1. The van der Waals surface area contributed by atoms with Crippen LogP contribution in [-0.4, -0.2) is 43.2 Å². The number of amides is 1. The summed E-state index contributed by atoms with van der Waals surface area (Å²) in [6, 6.07) is 12.0. The molecule has 1 heterocycles. The van der Waals surface area contributed by atoms with E-state index in [4.69, 9.17) is 16.3 Å². The summed E-state index contributed by atoms with van der Waals surface area (Å²) < 4.78 is 5.36. The van der Waals surface area contributed by atoms with E-state index in [1.165, 1.54) is 13.5 Å². The largest absolute Gasteiger partial charge is 0.380 e. The van der Waals surface area contributed by atoms with Gasteiger partial charge in [0.2, 0.25) is 5.91 Å². The van der Waals surface area contributed by atoms with E-state index in [2.05, 4.69) is 31.0 Å². The van der Waals surface area contributed by atoms with E-state index >= 15 is 0 Å². The fourth-order valence-corrected chi connectivity index (χ4v) is 3.49. The van der Waals surface area contributed by atoms with E-state index in [9.17, 15) is 4.79 Å². The van der Waals surface area contributed by atoms with Gasteiger partial charge in [0.25, 0.3) is 0 Å². The monoisotopic (exact) mass is 376 g/mol. The molecule has 0 spiro atoms. The Morgan fingerprint density at radius 2 is 1.85 bits per heavy atom. The Morgan fingerprint density at radius 1 is 1.19 bits per heavy atom. The van der Waals surface area contributed by atoms with E-state index in [0.29, 0.717) is 23.1 Å². The first-order valence-electron chi connectivity index (χ1n) is 9.05. The summed E-state index contributed by atoms with van der Waals surface area (Å²) in [7, 11) is 1.81. The average molecular weight is 377 g/mol. The molecular formula is C21H29ClN2O2. The molecule has 1 aliphatic rings. The van der Waals surface area contributed by atoms with Crippen LogP contribution in [0.3, 0.4) is 0 Å². The molecule has 0 saturated carbocycles. The normalized spacial score (nSPS) is 20.1. The van der Waals surface area contributed by atoms with Gasteiger partial charge in [-0.1, -0.05) is 42.8 Å². The predicted octanol–water partition coefficient (Wildman–Crippen LogP) is 4.81. The van der Waals surface area contributed by atoms with Crippen LogP contribution in [0.5, 0.6) is 0 Å². The van der Waals surface area contributed by atoms with Crippen LogP contribution in [0, 0.1) is 5.92 Å². The van der Waals surface area contributed by atoms with Gasteiger partial charge in [0.05, 0.1) is 6.10 Å². The average Bonchev–Trinajstić information content (AvgIpc) is 2.99. The van der Waals surface area contributed by atoms with Crippen molar-refractivity contribution in [2.24, 2.45) is 5.92 Å². The summed E-state index contributed by atoms with van der Waals surface area (Å²) in [6.45, 7) is 10.5. The van der Waals surface area contributed by atoms with Crippen molar-refractivity contribution in [2.75, 3.05) is 25.5 Å². The SMILES string of the molecule is CC(=O)Nc1ccc(Cl)c2ccccc12.CO[C@@H]1CN(C(C)C)CC1C. The van der Waals surface area contributed by atoms with Crippen molar-refractivity contribution in [2.45, 2.75) is 39.8 Å². The van der Waals surface area contributed by atoms with Crippen LogP contribution in [-0.2, 0) is 9.53 Å². The van der Waals surface area contributed by atoms with Crippen LogP contribution < -0.4 is 5.32 Å². The van der Waals surface area contributed by atoms with Gasteiger partial charge in [0.15, 0.2) is 0 Å². The third-order valence-electron chi connectivity index (χ3n) is 4.79. The molecule has 1 aliphatic heterocycles. The number of hydrogen-bond donors (Lipinski definition) is 1. The molecule has 1 amide bonds. The maximum atomic E-state index is 11.0. The van der Waals surface area contributed by atoms with Gasteiger partial charge in [0, 0.05) is 54.6 Å². The molecule has 2 aromatic carbocycles. The number of carbonyl (C=O) groups excluding carboxylic acids is 1. The summed E-state index contributed by atoms with van der Waals surface area (Å²) in [5.41, 5.74) is 0.794. The van der Waals surface area contributed by atoms with Gasteiger partial charge in [-0.15, -0.1) is 0 Å². The number of rotatable bonds is 3. The molecule has 1 N–H and O–H groups in total. The lowest BCUT2D eigenvalue weighted by Gasteiger charge is -2.19. The fourth-order valence-electron chi connectivity index (χ4n) is 3.26. The second-order valence-electron chi connectivity index (χ2n) is 7.12. The summed E-state index contributed by atoms with van der Waals surface area (Å²) in [4.78, 5) is 13.5. The molecular weight excluding hydrogens is 348 g/mol. The summed E-state index contributed by atoms with van der Waals surface area (Å²) in [5, 5.41) is 5.38. The zero-order valence-corrected chi connectivity index (χ0v) is 17.0. The fraction of sp³-hybridized carbons (Fsp3) is 0.476. The first-order chi connectivity index (χ1) is 12.3. The molecule has 0 aromatic heterocycles. The number of likely N-dealkylation sites (tertiary alicyclic amines) is 1. The quantitative estimate of drug-likeness (QED) is 0.835. The zero-order chi connectivity index (χ0) is 19.3. The highest BCUT2D eigenvalue weighted by Gasteiger charge is 2.30. The molecule has 142 valence electrons. The van der Waals surface area contributed by atoms with Crippen molar-refractivity contribution in [1.82, 2.24) is 4.90 Å². The lowest BCUT2D eigenvalue weighted by atomic mass is 10.1. The number of nitrogens with one attached hydrogen (secondary N) is 1. The highest BCUT2D eigenvalue weighted by Crippen LogP contribution is 2.29. The Bertz CT molecular complexity index is 748. The van der Waals surface area contributed by atoms with Gasteiger partial charge in [-0.25, -0.2) is 0 Å². The van der Waals surface area contributed by atoms with Crippen molar-refractivity contribution < 1.29 is 9.53 Å². The molecule has 1 unspecified atom stereocenters. The third-order valence-corrected chi connectivity index (χ3v) is 5.12. The number of hydrogen-bond acceptors (Lipinski definition) is 3. The zero-order valence-electron chi connectivity index (χ0n) is 16.3. The predicted molar refractivity (Wildman–Crippen MR) is 110 cm³/mol. The molecule has 0 aliphatic carbocycles. The Kier molecular flexibility index (Phi) is 7.44. The van der Waals surface area contributed by atoms with Gasteiger partial charge in [-0.3, -0.25) is 9.69 Å². The summed E-state index contributed by atoms with van der Waals surface area (Å²) in [6.07, 6.45) is 0.456. The number of anilines is 1. The molecule has 1 fully saturated rings. The number of halogens is 1. The molecule has 3 rings (SSSR count). The van der Waals surface area contributed by atoms with Gasteiger partial charge < -0.3 is 10.1 Å². The van der Waals surface area contributed by atoms with Gasteiger partial charge in [0.1, 0.15) is 0 Å². The number of benzene rings is 2. The first-order valence-corrected chi connectivity index (χ1v) is 9.43. The number of ether oxygens (including phenoxy) is 1. The summed E-state index contributed by atoms with van der Waals surface area (Å²) >= 11 is 6.05. The minimum atomic E-state index is -0.0810. The van der Waals surface area contributed by atoms with Crippen LogP contribution in [0.1, 0.15) is 27.7 Å². The molecule has 5 heteroatoms. The number of carbonyl (C=O) groups is 1. The van der Waals surface area contributed by atoms with Crippen molar-refractivity contribution in [3.8, 4) is 0 Å². The number of fused-ring (bicyclic) bond motifs is 1. The molecule has 1 saturated heterocycles. The van der Waals surface area contributed by atoms with E-state index in [1.54, 1.807) is 6.07 Å². The Balaban J connectivity index is 0.000000197. The molecule has 2 atom stereocenters. The van der Waals surface area contributed by atoms with E-state index in [1.807, 2.05) is 37.4 Å². The standard InChI is InChI=1S/C12H10ClNO.C9H19NO/c1-8(15)14-12-7-6-11(13)9-4-2-3-5-10(9)12;1-7(2)10-5-8(3)9(6-10)11-4/h2-7H,1H3,(H,14,15);7-9H,5-6H2,1-4H3/t;8?,9-/m.1/s1.